The molecule has 0 N–H and O–H groups in total. The molecule has 0 spiro atoms. The molecular formula is C60H48N4. The van der Waals surface area contributed by atoms with E-state index in [0.717, 1.165) is 34.1 Å². The molecule has 2 aliphatic rings. The van der Waals surface area contributed by atoms with Crippen LogP contribution in [0.15, 0.2) is 200 Å². The molecule has 0 unspecified atom stereocenters. The molecule has 12 rings (SSSR count). The number of rotatable bonds is 4. The Kier molecular flexibility index (Phi) is 8.51. The summed E-state index contributed by atoms with van der Waals surface area (Å²) in [6.45, 7) is 6.87. The summed E-state index contributed by atoms with van der Waals surface area (Å²) in [4.78, 5) is 9.52. The number of para-hydroxylation sites is 8. The highest BCUT2D eigenvalue weighted by molar-refractivity contribution is 6.25. The fourth-order valence-corrected chi connectivity index (χ4v) is 10.5. The molecule has 0 amide bonds. The zero-order valence-electron chi connectivity index (χ0n) is 36.8. The van der Waals surface area contributed by atoms with Crippen LogP contribution in [0.5, 0.6) is 0 Å². The third kappa shape index (κ3) is 5.75. The highest BCUT2D eigenvalue weighted by Crippen LogP contribution is 2.55. The number of hydrogen-bond acceptors (Lipinski definition) is 4. The molecule has 4 nitrogen and oxygen atoms in total. The fourth-order valence-electron chi connectivity index (χ4n) is 10.5. The molecule has 308 valence electrons. The summed E-state index contributed by atoms with van der Waals surface area (Å²) < 4.78 is 0. The van der Waals surface area contributed by atoms with E-state index in [4.69, 9.17) is 0 Å². The second kappa shape index (κ2) is 14.4. The summed E-state index contributed by atoms with van der Waals surface area (Å²) in [5.41, 5.74) is 17.8. The molecular weight excluding hydrogens is 777 g/mol. The van der Waals surface area contributed by atoms with Crippen LogP contribution in [0.1, 0.15) is 26.3 Å². The molecule has 0 aromatic heterocycles. The van der Waals surface area contributed by atoms with Gasteiger partial charge in [0.25, 0.3) is 0 Å². The van der Waals surface area contributed by atoms with Gasteiger partial charge in [-0.25, -0.2) is 0 Å². The first kappa shape index (κ1) is 37.9. The summed E-state index contributed by atoms with van der Waals surface area (Å²) in [6.07, 6.45) is 0. The lowest BCUT2D eigenvalue weighted by Crippen LogP contribution is -2.24. The SMILES string of the molecule is CN1c2ccccc2N(c2ccc3c(-c4cccc5ccccc45)c4cc(N5c6ccccc6N(C)c6ccccc65)ccc4c(-c4ccc(C(C)(C)C)cc4)c3c2)c2ccccc21. The van der Waals surface area contributed by atoms with E-state index in [2.05, 4.69) is 255 Å². The maximum Gasteiger partial charge on any atom is 0.0699 e. The first-order valence-corrected chi connectivity index (χ1v) is 22.3. The first-order chi connectivity index (χ1) is 31.2. The van der Waals surface area contributed by atoms with Crippen molar-refractivity contribution >= 4 is 89.2 Å². The zero-order chi connectivity index (χ0) is 43.3. The lowest BCUT2D eigenvalue weighted by molar-refractivity contribution is 0.590. The summed E-state index contributed by atoms with van der Waals surface area (Å²) in [6, 6.07) is 74.4. The smallest absolute Gasteiger partial charge is 0.0699 e. The van der Waals surface area contributed by atoms with Crippen molar-refractivity contribution in [2.75, 3.05) is 33.7 Å². The van der Waals surface area contributed by atoms with Gasteiger partial charge in [0.15, 0.2) is 0 Å². The van der Waals surface area contributed by atoms with E-state index >= 15 is 0 Å². The Bertz CT molecular complexity index is 3390. The molecule has 0 saturated heterocycles. The second-order valence-corrected chi connectivity index (χ2v) is 18.3. The van der Waals surface area contributed by atoms with Gasteiger partial charge in [0.05, 0.1) is 45.5 Å². The van der Waals surface area contributed by atoms with Crippen molar-refractivity contribution in [2.24, 2.45) is 0 Å². The van der Waals surface area contributed by atoms with Gasteiger partial charge in [0.2, 0.25) is 0 Å². The van der Waals surface area contributed by atoms with Gasteiger partial charge in [-0.05, 0) is 138 Å². The highest BCUT2D eigenvalue weighted by Gasteiger charge is 2.30. The molecule has 0 aliphatic carbocycles. The summed E-state index contributed by atoms with van der Waals surface area (Å²) in [5, 5.41) is 7.33. The van der Waals surface area contributed by atoms with Gasteiger partial charge in [-0.3, -0.25) is 0 Å². The standard InChI is InChI=1S/C60H48N4/c1-60(2,3)41-31-29-40(30-32-41)58-46-35-33-43(64-56-27-14-10-23-52(56)62(5)53-24-11-15-28-57(53)64)38-49(46)59(45-20-16-18-39-17-6-7-19-44(39)45)47-36-34-42(37-48(47)58)63-54-25-12-8-21-50(54)61(4)51-22-9-13-26-55(51)63/h6-38H,1-5H3. The topological polar surface area (TPSA) is 13.0 Å². The van der Waals surface area contributed by atoms with Crippen molar-refractivity contribution in [3.05, 3.63) is 206 Å². The lowest BCUT2D eigenvalue weighted by Gasteiger charge is -2.39. The number of anilines is 10. The molecule has 2 aliphatic heterocycles. The van der Waals surface area contributed by atoms with Gasteiger partial charge < -0.3 is 19.6 Å². The van der Waals surface area contributed by atoms with E-state index in [1.54, 1.807) is 0 Å². The zero-order valence-corrected chi connectivity index (χ0v) is 36.8. The molecule has 0 atom stereocenters. The van der Waals surface area contributed by atoms with Gasteiger partial charge in [-0.2, -0.15) is 0 Å². The van der Waals surface area contributed by atoms with E-state index in [-0.39, 0.29) is 5.41 Å². The van der Waals surface area contributed by atoms with Crippen molar-refractivity contribution in [3.8, 4) is 22.3 Å². The second-order valence-electron chi connectivity index (χ2n) is 18.3. The Hall–Kier alpha value is -7.82. The molecule has 10 aromatic rings. The Labute approximate surface area is 375 Å². The minimum absolute atomic E-state index is 0.0280. The van der Waals surface area contributed by atoms with Crippen molar-refractivity contribution in [3.63, 3.8) is 0 Å². The molecule has 0 bridgehead atoms. The van der Waals surface area contributed by atoms with Crippen molar-refractivity contribution in [2.45, 2.75) is 26.2 Å². The Morgan fingerprint density at radius 3 is 1.22 bits per heavy atom. The van der Waals surface area contributed by atoms with E-state index in [0.29, 0.717) is 0 Å². The van der Waals surface area contributed by atoms with E-state index < -0.39 is 0 Å². The van der Waals surface area contributed by atoms with E-state index in [9.17, 15) is 0 Å². The van der Waals surface area contributed by atoms with Crippen molar-refractivity contribution in [1.82, 2.24) is 0 Å². The van der Waals surface area contributed by atoms with E-state index in [1.165, 1.54) is 82.9 Å². The minimum atomic E-state index is 0.0280. The van der Waals surface area contributed by atoms with Crippen LogP contribution in [0.4, 0.5) is 56.9 Å². The van der Waals surface area contributed by atoms with Crippen LogP contribution in [0.2, 0.25) is 0 Å². The number of fused-ring (bicyclic) bond motifs is 7. The maximum absolute atomic E-state index is 2.46. The molecule has 64 heavy (non-hydrogen) atoms. The normalized spacial score (nSPS) is 13.3. The van der Waals surface area contributed by atoms with Gasteiger partial charge in [0.1, 0.15) is 0 Å². The van der Waals surface area contributed by atoms with Crippen LogP contribution in [0.25, 0.3) is 54.6 Å². The van der Waals surface area contributed by atoms with Gasteiger partial charge in [0, 0.05) is 25.5 Å². The predicted molar refractivity (Wildman–Crippen MR) is 274 cm³/mol. The average molecular weight is 825 g/mol. The largest absolute Gasteiger partial charge is 0.341 e. The molecule has 4 heteroatoms. The molecule has 0 fully saturated rings. The lowest BCUT2D eigenvalue weighted by atomic mass is 9.82. The van der Waals surface area contributed by atoms with Gasteiger partial charge in [-0.15, -0.1) is 0 Å². The fraction of sp³-hybridized carbons (Fsp3) is 0.100. The Morgan fingerprint density at radius 2 is 0.734 bits per heavy atom. The highest BCUT2D eigenvalue weighted by atomic mass is 15.3. The molecule has 10 aromatic carbocycles. The van der Waals surface area contributed by atoms with Crippen LogP contribution in [0.3, 0.4) is 0 Å². The molecule has 2 heterocycles. The maximum atomic E-state index is 2.46. The predicted octanol–water partition coefficient (Wildman–Crippen LogP) is 16.9. The number of nitrogens with zero attached hydrogens (tertiary/aromatic N) is 4. The van der Waals surface area contributed by atoms with Gasteiger partial charge in [-0.1, -0.05) is 148 Å². The molecule has 0 radical (unpaired) electrons. The van der Waals surface area contributed by atoms with Crippen LogP contribution in [-0.2, 0) is 5.41 Å². The first-order valence-electron chi connectivity index (χ1n) is 22.3. The Balaban J connectivity index is 1.20. The third-order valence-electron chi connectivity index (χ3n) is 13.6. The average Bonchev–Trinajstić information content (AvgIpc) is 3.33. The summed E-state index contributed by atoms with van der Waals surface area (Å²) in [7, 11) is 4.34. The monoisotopic (exact) mass is 824 g/mol. The van der Waals surface area contributed by atoms with E-state index in [1.807, 2.05) is 0 Å². The van der Waals surface area contributed by atoms with Crippen LogP contribution in [-0.4, -0.2) is 14.1 Å². The summed E-state index contributed by atoms with van der Waals surface area (Å²) >= 11 is 0. The van der Waals surface area contributed by atoms with Crippen molar-refractivity contribution in [1.29, 1.82) is 0 Å². The third-order valence-corrected chi connectivity index (χ3v) is 13.6. The summed E-state index contributed by atoms with van der Waals surface area (Å²) in [5.74, 6) is 0. The van der Waals surface area contributed by atoms with Crippen LogP contribution >= 0.6 is 0 Å². The molecule has 0 saturated carbocycles. The van der Waals surface area contributed by atoms with Crippen LogP contribution in [0, 0.1) is 0 Å². The van der Waals surface area contributed by atoms with Crippen LogP contribution < -0.4 is 19.6 Å². The number of benzene rings is 10. The van der Waals surface area contributed by atoms with Gasteiger partial charge >= 0.3 is 0 Å². The quantitative estimate of drug-likeness (QED) is 0.164. The minimum Gasteiger partial charge on any atom is -0.341 e. The number of hydrogen-bond donors (Lipinski definition) is 0. The Morgan fingerprint density at radius 1 is 0.328 bits per heavy atom. The van der Waals surface area contributed by atoms with Crippen molar-refractivity contribution < 1.29 is 0 Å².